The van der Waals surface area contributed by atoms with Gasteiger partial charge < -0.3 is 10.5 Å². The van der Waals surface area contributed by atoms with Crippen LogP contribution in [0.1, 0.15) is 12.5 Å². The lowest BCUT2D eigenvalue weighted by molar-refractivity contribution is 0.386. The maximum absolute atomic E-state index is 13.2. The number of hydrogen-bond donors (Lipinski definition) is 1. The van der Waals surface area contributed by atoms with Gasteiger partial charge in [-0.15, -0.1) is 0 Å². The molecule has 3 heteroatoms. The van der Waals surface area contributed by atoms with Crippen molar-refractivity contribution in [1.82, 2.24) is 0 Å². The minimum Gasteiger partial charge on any atom is -0.494 e. The fourth-order valence-electron chi connectivity index (χ4n) is 1.32. The summed E-state index contributed by atoms with van der Waals surface area (Å²) in [5.74, 6) is 0.353. The second-order valence-electron chi connectivity index (χ2n) is 3.51. The monoisotopic (exact) mass is 197 g/mol. The van der Waals surface area contributed by atoms with Crippen LogP contribution < -0.4 is 10.5 Å². The number of benzene rings is 1. The van der Waals surface area contributed by atoms with Gasteiger partial charge in [-0.2, -0.15) is 0 Å². The minimum absolute atomic E-state index is 0.286. The Balaban J connectivity index is 2.76. The maximum Gasteiger partial charge on any atom is 0.165 e. The van der Waals surface area contributed by atoms with Gasteiger partial charge in [0.2, 0.25) is 0 Å². The molecule has 1 unspecified atom stereocenters. The number of nitrogens with two attached hydrogens (primary N) is 1. The molecule has 0 aromatic heterocycles. The molecule has 0 saturated heterocycles. The molecule has 0 amide bonds. The fourth-order valence-corrected chi connectivity index (χ4v) is 1.32. The zero-order valence-electron chi connectivity index (χ0n) is 8.59. The van der Waals surface area contributed by atoms with E-state index in [4.69, 9.17) is 10.5 Å². The Morgan fingerprint density at radius 2 is 2.21 bits per heavy atom. The predicted molar refractivity (Wildman–Crippen MR) is 54.9 cm³/mol. The van der Waals surface area contributed by atoms with Crippen LogP contribution in [0.25, 0.3) is 0 Å². The van der Waals surface area contributed by atoms with Crippen LogP contribution >= 0.6 is 0 Å². The normalized spacial score (nSPS) is 12.6. The number of hydrogen-bond acceptors (Lipinski definition) is 2. The molecule has 1 aromatic carbocycles. The van der Waals surface area contributed by atoms with Crippen LogP contribution in [0.3, 0.4) is 0 Å². The quantitative estimate of drug-likeness (QED) is 0.801. The van der Waals surface area contributed by atoms with Crippen molar-refractivity contribution in [3.8, 4) is 5.75 Å². The summed E-state index contributed by atoms with van der Waals surface area (Å²) < 4.78 is 18.1. The third-order valence-electron chi connectivity index (χ3n) is 2.20. The molecular weight excluding hydrogens is 181 g/mol. The zero-order chi connectivity index (χ0) is 10.6. The van der Waals surface area contributed by atoms with Crippen LogP contribution in [0.2, 0.25) is 0 Å². The van der Waals surface area contributed by atoms with Gasteiger partial charge in [-0.05, 0) is 36.6 Å². The van der Waals surface area contributed by atoms with E-state index in [0.717, 1.165) is 12.0 Å². The van der Waals surface area contributed by atoms with Gasteiger partial charge in [-0.3, -0.25) is 0 Å². The topological polar surface area (TPSA) is 35.2 Å². The SMILES string of the molecule is COc1ccc(CC(C)CN)cc1F. The Bertz CT molecular complexity index is 301. The van der Waals surface area contributed by atoms with Crippen LogP contribution in [0.4, 0.5) is 4.39 Å². The minimum atomic E-state index is -0.311. The summed E-state index contributed by atoms with van der Waals surface area (Å²) in [6.45, 7) is 2.66. The molecule has 0 aliphatic carbocycles. The van der Waals surface area contributed by atoms with E-state index in [-0.39, 0.29) is 11.6 Å². The molecule has 0 aliphatic rings. The van der Waals surface area contributed by atoms with Crippen molar-refractivity contribution in [1.29, 1.82) is 0 Å². The van der Waals surface area contributed by atoms with E-state index in [9.17, 15) is 4.39 Å². The first-order valence-electron chi connectivity index (χ1n) is 4.70. The number of halogens is 1. The van der Waals surface area contributed by atoms with Crippen LogP contribution in [-0.4, -0.2) is 13.7 Å². The second-order valence-corrected chi connectivity index (χ2v) is 3.51. The van der Waals surface area contributed by atoms with Crippen molar-refractivity contribution in [2.45, 2.75) is 13.3 Å². The molecule has 78 valence electrons. The van der Waals surface area contributed by atoms with Gasteiger partial charge in [0.15, 0.2) is 11.6 Å². The van der Waals surface area contributed by atoms with Crippen molar-refractivity contribution in [3.63, 3.8) is 0 Å². The first-order chi connectivity index (χ1) is 6.67. The van der Waals surface area contributed by atoms with Gasteiger partial charge in [0, 0.05) is 0 Å². The van der Waals surface area contributed by atoms with E-state index in [1.54, 1.807) is 6.07 Å². The van der Waals surface area contributed by atoms with Crippen LogP contribution in [-0.2, 0) is 6.42 Å². The third-order valence-corrected chi connectivity index (χ3v) is 2.20. The molecular formula is C11H16FNO. The molecule has 0 saturated carbocycles. The Labute approximate surface area is 83.9 Å². The number of rotatable bonds is 4. The van der Waals surface area contributed by atoms with E-state index in [2.05, 4.69) is 0 Å². The molecule has 1 rings (SSSR count). The van der Waals surface area contributed by atoms with Gasteiger partial charge in [-0.25, -0.2) is 4.39 Å². The van der Waals surface area contributed by atoms with Crippen LogP contribution in [0.5, 0.6) is 5.75 Å². The largest absolute Gasteiger partial charge is 0.494 e. The van der Waals surface area contributed by atoms with Crippen molar-refractivity contribution in [2.75, 3.05) is 13.7 Å². The molecule has 1 aromatic rings. The Morgan fingerprint density at radius 3 is 2.71 bits per heavy atom. The lowest BCUT2D eigenvalue weighted by Gasteiger charge is -2.09. The molecule has 2 N–H and O–H groups in total. The average Bonchev–Trinajstić information content (AvgIpc) is 2.18. The van der Waals surface area contributed by atoms with Crippen molar-refractivity contribution in [3.05, 3.63) is 29.6 Å². The summed E-state index contributed by atoms with van der Waals surface area (Å²) in [6, 6.07) is 5.02. The molecule has 0 heterocycles. The van der Waals surface area contributed by atoms with Gasteiger partial charge in [0.1, 0.15) is 0 Å². The Hall–Kier alpha value is -1.09. The predicted octanol–water partition coefficient (Wildman–Crippen LogP) is 1.97. The van der Waals surface area contributed by atoms with E-state index < -0.39 is 0 Å². The lowest BCUT2D eigenvalue weighted by Crippen LogP contribution is -2.13. The molecule has 2 nitrogen and oxygen atoms in total. The van der Waals surface area contributed by atoms with Crippen molar-refractivity contribution < 1.29 is 9.13 Å². The van der Waals surface area contributed by atoms with E-state index >= 15 is 0 Å². The summed E-state index contributed by atoms with van der Waals surface area (Å²) in [5.41, 5.74) is 6.46. The van der Waals surface area contributed by atoms with Gasteiger partial charge in [-0.1, -0.05) is 13.0 Å². The summed E-state index contributed by atoms with van der Waals surface area (Å²) in [5, 5.41) is 0. The smallest absolute Gasteiger partial charge is 0.165 e. The molecule has 0 fully saturated rings. The lowest BCUT2D eigenvalue weighted by atomic mass is 10.0. The molecule has 0 bridgehead atoms. The van der Waals surface area contributed by atoms with Crippen molar-refractivity contribution in [2.24, 2.45) is 11.7 Å². The third kappa shape index (κ3) is 2.70. The highest BCUT2D eigenvalue weighted by atomic mass is 19.1. The molecule has 0 radical (unpaired) electrons. The van der Waals surface area contributed by atoms with E-state index in [1.807, 2.05) is 13.0 Å². The highest BCUT2D eigenvalue weighted by Gasteiger charge is 2.06. The maximum atomic E-state index is 13.2. The Kier molecular flexibility index (Phi) is 3.89. The number of ether oxygens (including phenoxy) is 1. The standard InChI is InChI=1S/C11H16FNO/c1-8(7-13)5-9-3-4-11(14-2)10(12)6-9/h3-4,6,8H,5,7,13H2,1-2H3. The molecule has 14 heavy (non-hydrogen) atoms. The Morgan fingerprint density at radius 1 is 1.50 bits per heavy atom. The first kappa shape index (κ1) is 11.0. The highest BCUT2D eigenvalue weighted by Crippen LogP contribution is 2.19. The highest BCUT2D eigenvalue weighted by molar-refractivity contribution is 5.29. The van der Waals surface area contributed by atoms with Crippen LogP contribution in [0.15, 0.2) is 18.2 Å². The summed E-state index contributed by atoms with van der Waals surface area (Å²) in [6.07, 6.45) is 0.803. The summed E-state index contributed by atoms with van der Waals surface area (Å²) in [4.78, 5) is 0. The average molecular weight is 197 g/mol. The summed E-state index contributed by atoms with van der Waals surface area (Å²) in [7, 11) is 1.46. The van der Waals surface area contributed by atoms with Crippen molar-refractivity contribution >= 4 is 0 Å². The van der Waals surface area contributed by atoms with Gasteiger partial charge >= 0.3 is 0 Å². The van der Waals surface area contributed by atoms with Crippen LogP contribution in [0, 0.1) is 11.7 Å². The zero-order valence-corrected chi connectivity index (χ0v) is 8.59. The van der Waals surface area contributed by atoms with Gasteiger partial charge in [0.25, 0.3) is 0 Å². The molecule has 0 spiro atoms. The second kappa shape index (κ2) is 4.96. The number of methoxy groups -OCH3 is 1. The van der Waals surface area contributed by atoms with E-state index in [1.165, 1.54) is 13.2 Å². The summed E-state index contributed by atoms with van der Waals surface area (Å²) >= 11 is 0. The van der Waals surface area contributed by atoms with Gasteiger partial charge in [0.05, 0.1) is 7.11 Å². The molecule has 0 aliphatic heterocycles. The fraction of sp³-hybridized carbons (Fsp3) is 0.455. The first-order valence-corrected chi connectivity index (χ1v) is 4.70. The molecule has 1 atom stereocenters. The van der Waals surface area contributed by atoms with E-state index in [0.29, 0.717) is 12.5 Å².